The molecule has 1 aliphatic heterocycles. The first kappa shape index (κ1) is 12.6. The molecule has 0 spiro atoms. The molecule has 0 saturated carbocycles. The summed E-state index contributed by atoms with van der Waals surface area (Å²) in [6.07, 6.45) is 3.98. The molecule has 0 aromatic carbocycles. The van der Waals surface area contributed by atoms with Gasteiger partial charge in [0.05, 0.1) is 0 Å². The van der Waals surface area contributed by atoms with Gasteiger partial charge in [-0.15, -0.1) is 0 Å². The molecular formula is C12H16N4O2S. The van der Waals surface area contributed by atoms with Gasteiger partial charge in [0, 0.05) is 30.9 Å². The van der Waals surface area contributed by atoms with Crippen LogP contribution < -0.4 is 5.73 Å². The highest BCUT2D eigenvalue weighted by atomic mass is 32.2. The number of nitrogens with two attached hydrogens (primary N) is 1. The number of H-pyrrole nitrogens is 1. The van der Waals surface area contributed by atoms with Crippen molar-refractivity contribution in [2.45, 2.75) is 11.3 Å². The maximum Gasteiger partial charge on any atom is 0.245 e. The molecule has 2 aromatic rings. The average molecular weight is 280 g/mol. The van der Waals surface area contributed by atoms with E-state index in [1.54, 1.807) is 18.3 Å². The minimum atomic E-state index is -3.46. The lowest BCUT2D eigenvalue weighted by Crippen LogP contribution is -2.29. The van der Waals surface area contributed by atoms with Crippen LogP contribution in [0.5, 0.6) is 0 Å². The molecule has 3 N–H and O–H groups in total. The van der Waals surface area contributed by atoms with E-state index in [9.17, 15) is 8.42 Å². The smallest absolute Gasteiger partial charge is 0.245 e. The molecule has 0 radical (unpaired) electrons. The van der Waals surface area contributed by atoms with Crippen LogP contribution in [0, 0.1) is 5.92 Å². The van der Waals surface area contributed by atoms with E-state index in [1.165, 1.54) is 10.5 Å². The molecule has 1 saturated heterocycles. The average Bonchev–Trinajstić information content (AvgIpc) is 3.06. The fourth-order valence-corrected chi connectivity index (χ4v) is 4.17. The van der Waals surface area contributed by atoms with E-state index < -0.39 is 10.0 Å². The summed E-state index contributed by atoms with van der Waals surface area (Å²) in [6, 6.07) is 3.50. The van der Waals surface area contributed by atoms with Gasteiger partial charge in [-0.25, -0.2) is 13.4 Å². The van der Waals surface area contributed by atoms with Crippen molar-refractivity contribution in [3.8, 4) is 0 Å². The number of hydrogen-bond acceptors (Lipinski definition) is 4. The summed E-state index contributed by atoms with van der Waals surface area (Å²) in [5, 5.41) is 0.638. The number of aromatic amines is 1. The Morgan fingerprint density at radius 1 is 1.53 bits per heavy atom. The molecule has 2 aromatic heterocycles. The van der Waals surface area contributed by atoms with Gasteiger partial charge in [0.25, 0.3) is 0 Å². The Kier molecular flexibility index (Phi) is 3.04. The standard InChI is InChI=1S/C12H16N4O2S/c13-6-9-3-5-16(8-9)19(17,18)11-7-15-12-10(11)2-1-4-14-12/h1-2,4,7,9H,3,5-6,8,13H2,(H,14,15). The van der Waals surface area contributed by atoms with E-state index in [2.05, 4.69) is 9.97 Å². The molecule has 3 heterocycles. The molecule has 1 fully saturated rings. The molecule has 0 aliphatic carbocycles. The predicted octanol–water partition coefficient (Wildman–Crippen LogP) is 0.532. The van der Waals surface area contributed by atoms with Crippen molar-refractivity contribution in [2.24, 2.45) is 11.7 Å². The molecule has 19 heavy (non-hydrogen) atoms. The Morgan fingerprint density at radius 2 is 2.37 bits per heavy atom. The van der Waals surface area contributed by atoms with Crippen molar-refractivity contribution in [2.75, 3.05) is 19.6 Å². The second-order valence-electron chi connectivity index (χ2n) is 4.81. The summed E-state index contributed by atoms with van der Waals surface area (Å²) in [4.78, 5) is 7.32. The lowest BCUT2D eigenvalue weighted by molar-refractivity contribution is 0.460. The van der Waals surface area contributed by atoms with Gasteiger partial charge in [-0.3, -0.25) is 0 Å². The second kappa shape index (κ2) is 4.59. The molecule has 102 valence electrons. The zero-order chi connectivity index (χ0) is 13.5. The molecule has 6 nitrogen and oxygen atoms in total. The van der Waals surface area contributed by atoms with Crippen LogP contribution in [0.3, 0.4) is 0 Å². The highest BCUT2D eigenvalue weighted by Gasteiger charge is 2.33. The zero-order valence-corrected chi connectivity index (χ0v) is 11.2. The number of sulfonamides is 1. The largest absolute Gasteiger partial charge is 0.345 e. The maximum absolute atomic E-state index is 12.6. The Balaban J connectivity index is 2.01. The van der Waals surface area contributed by atoms with Gasteiger partial charge in [-0.05, 0) is 31.0 Å². The maximum atomic E-state index is 12.6. The first-order chi connectivity index (χ1) is 9.13. The molecule has 1 aliphatic rings. The van der Waals surface area contributed by atoms with Crippen molar-refractivity contribution >= 4 is 21.1 Å². The summed E-state index contributed by atoms with van der Waals surface area (Å²) in [5.74, 6) is 0.262. The van der Waals surface area contributed by atoms with E-state index in [1.807, 2.05) is 0 Å². The molecule has 7 heteroatoms. The zero-order valence-electron chi connectivity index (χ0n) is 10.4. The Hall–Kier alpha value is -1.44. The minimum Gasteiger partial charge on any atom is -0.345 e. The molecular weight excluding hydrogens is 264 g/mol. The first-order valence-electron chi connectivity index (χ1n) is 6.25. The number of pyridine rings is 1. The summed E-state index contributed by atoms with van der Waals surface area (Å²) in [7, 11) is -3.46. The molecule has 1 unspecified atom stereocenters. The third-order valence-electron chi connectivity index (χ3n) is 3.61. The topological polar surface area (TPSA) is 92.1 Å². The van der Waals surface area contributed by atoms with E-state index in [-0.39, 0.29) is 5.92 Å². The Morgan fingerprint density at radius 3 is 3.11 bits per heavy atom. The van der Waals surface area contributed by atoms with Crippen LogP contribution >= 0.6 is 0 Å². The number of aromatic nitrogens is 2. The van der Waals surface area contributed by atoms with E-state index >= 15 is 0 Å². The fraction of sp³-hybridized carbons (Fsp3) is 0.417. The normalized spacial score (nSPS) is 21.2. The molecule has 1 atom stereocenters. The van der Waals surface area contributed by atoms with E-state index in [0.717, 1.165) is 6.42 Å². The minimum absolute atomic E-state index is 0.262. The third kappa shape index (κ3) is 2.03. The molecule has 0 bridgehead atoms. The third-order valence-corrected chi connectivity index (χ3v) is 5.52. The van der Waals surface area contributed by atoms with Gasteiger partial charge in [-0.1, -0.05) is 0 Å². The molecule has 0 amide bonds. The van der Waals surface area contributed by atoms with Crippen molar-refractivity contribution < 1.29 is 8.42 Å². The van der Waals surface area contributed by atoms with Crippen LogP contribution in [0.1, 0.15) is 6.42 Å². The van der Waals surface area contributed by atoms with Crippen molar-refractivity contribution in [1.29, 1.82) is 0 Å². The number of hydrogen-bond donors (Lipinski definition) is 2. The summed E-state index contributed by atoms with van der Waals surface area (Å²) < 4.78 is 26.7. The molecule has 3 rings (SSSR count). The second-order valence-corrected chi connectivity index (χ2v) is 6.71. The van der Waals surface area contributed by atoms with E-state index in [4.69, 9.17) is 5.73 Å². The summed E-state index contributed by atoms with van der Waals surface area (Å²) in [6.45, 7) is 1.57. The number of nitrogens with one attached hydrogen (secondary N) is 1. The Labute approximate surface area is 111 Å². The number of rotatable bonds is 3. The monoisotopic (exact) mass is 280 g/mol. The van der Waals surface area contributed by atoms with Crippen molar-refractivity contribution in [3.05, 3.63) is 24.5 Å². The summed E-state index contributed by atoms with van der Waals surface area (Å²) in [5.41, 5.74) is 6.20. The van der Waals surface area contributed by atoms with Gasteiger partial charge in [0.2, 0.25) is 10.0 Å². The highest BCUT2D eigenvalue weighted by Crippen LogP contribution is 2.28. The van der Waals surface area contributed by atoms with Crippen LogP contribution in [-0.4, -0.2) is 42.3 Å². The summed E-state index contributed by atoms with van der Waals surface area (Å²) >= 11 is 0. The lowest BCUT2D eigenvalue weighted by atomic mass is 10.1. The quantitative estimate of drug-likeness (QED) is 0.858. The van der Waals surface area contributed by atoms with Crippen LogP contribution in [0.15, 0.2) is 29.4 Å². The highest BCUT2D eigenvalue weighted by molar-refractivity contribution is 7.89. The van der Waals surface area contributed by atoms with Gasteiger partial charge in [-0.2, -0.15) is 4.31 Å². The van der Waals surface area contributed by atoms with Gasteiger partial charge < -0.3 is 10.7 Å². The first-order valence-corrected chi connectivity index (χ1v) is 7.69. The van der Waals surface area contributed by atoms with Gasteiger partial charge in [0.15, 0.2) is 0 Å². The van der Waals surface area contributed by atoms with Crippen molar-refractivity contribution in [1.82, 2.24) is 14.3 Å². The van der Waals surface area contributed by atoms with Crippen LogP contribution in [0.25, 0.3) is 11.0 Å². The Bertz CT molecular complexity index is 695. The fourth-order valence-electron chi connectivity index (χ4n) is 2.49. The lowest BCUT2D eigenvalue weighted by Gasteiger charge is -2.15. The SMILES string of the molecule is NCC1CCN(S(=O)(=O)c2c[nH]c3ncccc23)C1. The van der Waals surface area contributed by atoms with Gasteiger partial charge >= 0.3 is 0 Å². The van der Waals surface area contributed by atoms with Crippen molar-refractivity contribution in [3.63, 3.8) is 0 Å². The van der Waals surface area contributed by atoms with Crippen LogP contribution in [0.4, 0.5) is 0 Å². The number of fused-ring (bicyclic) bond motifs is 1. The van der Waals surface area contributed by atoms with Crippen LogP contribution in [-0.2, 0) is 10.0 Å². The van der Waals surface area contributed by atoms with Crippen LogP contribution in [0.2, 0.25) is 0 Å². The van der Waals surface area contributed by atoms with Gasteiger partial charge in [0.1, 0.15) is 10.5 Å². The predicted molar refractivity (Wildman–Crippen MR) is 72.0 cm³/mol. The number of nitrogens with zero attached hydrogens (tertiary/aromatic N) is 2. The van der Waals surface area contributed by atoms with E-state index in [0.29, 0.717) is 35.6 Å².